The highest BCUT2D eigenvalue weighted by molar-refractivity contribution is 7.22. The Morgan fingerprint density at radius 1 is 1.16 bits per heavy atom. The van der Waals surface area contributed by atoms with Crippen molar-refractivity contribution in [1.82, 2.24) is 20.2 Å². The summed E-state index contributed by atoms with van der Waals surface area (Å²) in [4.78, 5) is 32.1. The van der Waals surface area contributed by atoms with Crippen LogP contribution in [0.2, 0.25) is 0 Å². The quantitative estimate of drug-likeness (QED) is 0.346. The molecular weight excluding hydrogens is 490 g/mol. The summed E-state index contributed by atoms with van der Waals surface area (Å²) in [6, 6.07) is 2.19. The number of nitrogens with zero attached hydrogens (tertiary/aromatic N) is 5. The lowest BCUT2D eigenvalue weighted by Crippen LogP contribution is -2.43. The standard InChI is InChI=1S/C25H31N9O2S/c26-14-17(22-28-6-3-20(30-22)33-7-4-16(27)5-8-33)24(35)29-18-13-19-23(31-21(18)15-1-2-15)32-25(37-19)34-9-11-36-12-10-34/h3,6,13-16,26,28H,1-2,4-5,7-12,27H2,(H,29,35)/b22-17-,26-14?. The largest absolute Gasteiger partial charge is 0.378 e. The SMILES string of the molecule is N=C/C(C(=O)Nc1cc2sc(N3CCOCC3)nc2nc1C1CC1)=C1/N=C(N2CCC(N)CC2)C=CN1. The van der Waals surface area contributed by atoms with Gasteiger partial charge in [0.1, 0.15) is 11.7 Å². The zero-order valence-corrected chi connectivity index (χ0v) is 21.4. The number of ether oxygens (including phenoxy) is 1. The van der Waals surface area contributed by atoms with E-state index in [0.29, 0.717) is 36.3 Å². The molecule has 0 unspecified atom stereocenters. The summed E-state index contributed by atoms with van der Waals surface area (Å²) in [5.74, 6) is 1.05. The molecule has 0 atom stereocenters. The van der Waals surface area contributed by atoms with Crippen LogP contribution in [0.3, 0.4) is 0 Å². The molecule has 0 spiro atoms. The van der Waals surface area contributed by atoms with E-state index in [4.69, 9.17) is 25.8 Å². The van der Waals surface area contributed by atoms with Crippen molar-refractivity contribution in [1.29, 1.82) is 5.41 Å². The van der Waals surface area contributed by atoms with E-state index in [-0.39, 0.29) is 11.6 Å². The van der Waals surface area contributed by atoms with Crippen LogP contribution in [0.5, 0.6) is 0 Å². The fraction of sp³-hybridized carbons (Fsp3) is 0.480. The normalized spacial score (nSPS) is 22.0. The van der Waals surface area contributed by atoms with Gasteiger partial charge in [-0.3, -0.25) is 4.79 Å². The number of hydrogen-bond acceptors (Lipinski definition) is 11. The third-order valence-corrected chi connectivity index (χ3v) is 8.13. The summed E-state index contributed by atoms with van der Waals surface area (Å²) < 4.78 is 6.39. The molecule has 11 nitrogen and oxygen atoms in total. The zero-order chi connectivity index (χ0) is 25.4. The van der Waals surface area contributed by atoms with Gasteiger partial charge < -0.3 is 36.3 Å². The number of piperidine rings is 1. The highest BCUT2D eigenvalue weighted by Crippen LogP contribution is 2.44. The van der Waals surface area contributed by atoms with E-state index in [0.717, 1.165) is 79.4 Å². The molecule has 3 aliphatic heterocycles. The molecule has 0 aromatic carbocycles. The number of rotatable bonds is 5. The van der Waals surface area contributed by atoms with E-state index in [2.05, 4.69) is 25.4 Å². The summed E-state index contributed by atoms with van der Waals surface area (Å²) in [5.41, 5.74) is 8.46. The Hall–Kier alpha value is -3.35. The lowest BCUT2D eigenvalue weighted by Gasteiger charge is -2.32. The van der Waals surface area contributed by atoms with Crippen LogP contribution in [-0.2, 0) is 9.53 Å². The molecule has 6 rings (SSSR count). The Bertz CT molecular complexity index is 1300. The predicted octanol–water partition coefficient (Wildman–Crippen LogP) is 2.14. The number of carbonyl (C=O) groups is 1. The molecule has 4 aliphatic rings. The fourth-order valence-electron chi connectivity index (χ4n) is 4.78. The van der Waals surface area contributed by atoms with Crippen LogP contribution in [0.1, 0.15) is 37.3 Å². The Morgan fingerprint density at radius 3 is 2.68 bits per heavy atom. The van der Waals surface area contributed by atoms with Crippen molar-refractivity contribution in [2.75, 3.05) is 49.6 Å². The van der Waals surface area contributed by atoms with E-state index in [1.165, 1.54) is 0 Å². The topological polar surface area (TPSA) is 145 Å². The third-order valence-electron chi connectivity index (χ3n) is 7.08. The number of anilines is 2. The Balaban J connectivity index is 1.27. The molecule has 1 amide bonds. The van der Waals surface area contributed by atoms with Gasteiger partial charge in [0.15, 0.2) is 10.8 Å². The molecule has 0 bridgehead atoms. The van der Waals surface area contributed by atoms with Crippen LogP contribution in [-0.4, -0.2) is 78.3 Å². The summed E-state index contributed by atoms with van der Waals surface area (Å²) in [6.07, 6.45) is 8.59. The minimum atomic E-state index is -0.391. The molecular formula is C25H31N9O2S. The number of fused-ring (bicyclic) bond motifs is 1. The smallest absolute Gasteiger partial charge is 0.261 e. The van der Waals surface area contributed by atoms with Crippen molar-refractivity contribution in [2.45, 2.75) is 37.6 Å². The van der Waals surface area contributed by atoms with Crippen molar-refractivity contribution >= 4 is 50.5 Å². The molecule has 37 heavy (non-hydrogen) atoms. The Morgan fingerprint density at radius 2 is 1.95 bits per heavy atom. The van der Waals surface area contributed by atoms with Gasteiger partial charge in [-0.25, -0.2) is 9.98 Å². The second kappa shape index (κ2) is 10.2. The van der Waals surface area contributed by atoms with E-state index < -0.39 is 5.91 Å². The minimum absolute atomic E-state index is 0.163. The predicted molar refractivity (Wildman–Crippen MR) is 145 cm³/mol. The molecule has 5 heterocycles. The first kappa shape index (κ1) is 24.0. The van der Waals surface area contributed by atoms with Crippen molar-refractivity contribution in [3.63, 3.8) is 0 Å². The van der Waals surface area contributed by atoms with E-state index in [9.17, 15) is 4.79 Å². The second-order valence-corrected chi connectivity index (χ2v) is 10.8. The highest BCUT2D eigenvalue weighted by atomic mass is 32.1. The monoisotopic (exact) mass is 521 g/mol. The van der Waals surface area contributed by atoms with E-state index in [1.807, 2.05) is 12.1 Å². The van der Waals surface area contributed by atoms with Crippen molar-refractivity contribution in [3.8, 4) is 0 Å². The maximum atomic E-state index is 13.4. The summed E-state index contributed by atoms with van der Waals surface area (Å²) in [7, 11) is 0. The second-order valence-electron chi connectivity index (χ2n) is 9.75. The minimum Gasteiger partial charge on any atom is -0.378 e. The average Bonchev–Trinajstić information content (AvgIpc) is 3.69. The molecule has 2 aromatic heterocycles. The van der Waals surface area contributed by atoms with Gasteiger partial charge in [0.05, 0.1) is 34.9 Å². The number of carbonyl (C=O) groups excluding carboxylic acids is 1. The van der Waals surface area contributed by atoms with Crippen LogP contribution in [0, 0.1) is 5.41 Å². The Kier molecular flexibility index (Phi) is 6.61. The summed E-state index contributed by atoms with van der Waals surface area (Å²) >= 11 is 1.58. The van der Waals surface area contributed by atoms with Gasteiger partial charge in [-0.2, -0.15) is 4.98 Å². The number of likely N-dealkylation sites (tertiary alicyclic amines) is 1. The number of nitrogens with two attached hydrogens (primary N) is 1. The molecule has 1 saturated carbocycles. The molecule has 12 heteroatoms. The summed E-state index contributed by atoms with van der Waals surface area (Å²) in [5, 5.41) is 15.0. The van der Waals surface area contributed by atoms with Gasteiger partial charge in [-0.05, 0) is 37.8 Å². The average molecular weight is 522 g/mol. The van der Waals surface area contributed by atoms with Crippen molar-refractivity contribution < 1.29 is 9.53 Å². The third kappa shape index (κ3) is 5.09. The number of thiazole rings is 1. The van der Waals surface area contributed by atoms with E-state index in [1.54, 1.807) is 17.5 Å². The number of aliphatic imine (C=N–C) groups is 1. The number of nitrogens with one attached hydrogen (secondary N) is 3. The van der Waals surface area contributed by atoms with Crippen LogP contribution in [0.4, 0.5) is 10.8 Å². The lowest BCUT2D eigenvalue weighted by atomic mass is 10.1. The van der Waals surface area contributed by atoms with Gasteiger partial charge >= 0.3 is 0 Å². The van der Waals surface area contributed by atoms with Crippen LogP contribution < -0.4 is 21.3 Å². The molecule has 0 radical (unpaired) electrons. The maximum absolute atomic E-state index is 13.4. The lowest BCUT2D eigenvalue weighted by molar-refractivity contribution is -0.112. The highest BCUT2D eigenvalue weighted by Gasteiger charge is 2.30. The molecule has 2 saturated heterocycles. The molecule has 1 aliphatic carbocycles. The number of amides is 1. The first-order valence-corrected chi connectivity index (χ1v) is 13.6. The van der Waals surface area contributed by atoms with Crippen LogP contribution in [0.15, 0.2) is 34.7 Å². The molecule has 5 N–H and O–H groups in total. The van der Waals surface area contributed by atoms with Gasteiger partial charge in [-0.1, -0.05) is 11.3 Å². The van der Waals surface area contributed by atoms with Crippen LogP contribution >= 0.6 is 11.3 Å². The van der Waals surface area contributed by atoms with Gasteiger partial charge in [0.25, 0.3) is 5.91 Å². The molecule has 194 valence electrons. The number of aromatic nitrogens is 2. The van der Waals surface area contributed by atoms with E-state index >= 15 is 0 Å². The fourth-order valence-corrected chi connectivity index (χ4v) is 5.78. The van der Waals surface area contributed by atoms with Crippen molar-refractivity contribution in [2.24, 2.45) is 10.7 Å². The number of amidine groups is 1. The number of morpholine rings is 1. The van der Waals surface area contributed by atoms with Gasteiger partial charge in [0, 0.05) is 50.6 Å². The number of pyridine rings is 1. The van der Waals surface area contributed by atoms with Gasteiger partial charge in [-0.15, -0.1) is 0 Å². The van der Waals surface area contributed by atoms with Gasteiger partial charge in [0.2, 0.25) is 0 Å². The Labute approximate surface area is 219 Å². The zero-order valence-electron chi connectivity index (χ0n) is 20.6. The van der Waals surface area contributed by atoms with Crippen LogP contribution in [0.25, 0.3) is 10.3 Å². The number of hydrogen-bond donors (Lipinski definition) is 4. The summed E-state index contributed by atoms with van der Waals surface area (Å²) in [6.45, 7) is 4.64. The molecule has 3 fully saturated rings. The molecule has 2 aromatic rings. The maximum Gasteiger partial charge on any atom is 0.261 e. The first-order chi connectivity index (χ1) is 18.1. The van der Waals surface area contributed by atoms with Crippen molar-refractivity contribution in [3.05, 3.63) is 35.4 Å². The first-order valence-electron chi connectivity index (χ1n) is 12.8.